The molecule has 0 aromatic heterocycles. The van der Waals surface area contributed by atoms with Crippen LogP contribution >= 0.6 is 11.6 Å². The molecule has 7 unspecified atom stereocenters. The molecular formula is C21H34ClNO5. The second-order valence-electron chi connectivity index (χ2n) is 8.83. The van der Waals surface area contributed by atoms with Crippen LogP contribution in [0, 0.1) is 11.8 Å². The van der Waals surface area contributed by atoms with Gasteiger partial charge in [0.1, 0.15) is 11.7 Å². The molecule has 1 saturated heterocycles. The number of aliphatic hydroxyl groups is 1. The Morgan fingerprint density at radius 1 is 1.36 bits per heavy atom. The summed E-state index contributed by atoms with van der Waals surface area (Å²) >= 11 is 6.52. The van der Waals surface area contributed by atoms with Gasteiger partial charge in [0.15, 0.2) is 0 Å². The van der Waals surface area contributed by atoms with Crippen LogP contribution in [0.4, 0.5) is 0 Å². The molecule has 2 N–H and O–H groups in total. The highest BCUT2D eigenvalue weighted by Crippen LogP contribution is 2.54. The van der Waals surface area contributed by atoms with Crippen LogP contribution in [0.2, 0.25) is 0 Å². The molecule has 3 rings (SSSR count). The minimum atomic E-state index is -0.667. The standard InChI is InChI=1S/C21H34ClNO5/c1-12(2)5-10-16-21(3,28-16)19-14(24)8-9-15(18(19)20(22)26-4)27-17(25)11-23-13-6-7-13/h5,13-16,18-20,23-24H,6-11H2,1-4H3. The predicted molar refractivity (Wildman–Crippen MR) is 107 cm³/mol. The topological polar surface area (TPSA) is 80.3 Å². The molecule has 3 aliphatic rings. The van der Waals surface area contributed by atoms with E-state index in [4.69, 9.17) is 25.8 Å². The van der Waals surface area contributed by atoms with Gasteiger partial charge in [-0.05, 0) is 52.9 Å². The van der Waals surface area contributed by atoms with Gasteiger partial charge in [0, 0.05) is 25.0 Å². The van der Waals surface area contributed by atoms with Crippen LogP contribution in [-0.4, -0.2) is 60.2 Å². The number of hydrogen-bond donors (Lipinski definition) is 2. The molecule has 0 amide bonds. The van der Waals surface area contributed by atoms with Gasteiger partial charge in [-0.2, -0.15) is 0 Å². The maximum Gasteiger partial charge on any atom is 0.320 e. The SMILES string of the molecule is COC(Cl)C1C(OC(=O)CNC2CC2)CCC(O)C1C1(C)OC1CC=C(C)C. The van der Waals surface area contributed by atoms with Crippen LogP contribution in [-0.2, 0) is 19.0 Å². The van der Waals surface area contributed by atoms with Gasteiger partial charge in [0.25, 0.3) is 0 Å². The van der Waals surface area contributed by atoms with Crippen LogP contribution < -0.4 is 5.32 Å². The molecule has 160 valence electrons. The zero-order valence-electron chi connectivity index (χ0n) is 17.3. The third kappa shape index (κ3) is 5.08. The van der Waals surface area contributed by atoms with Gasteiger partial charge in [0.05, 0.1) is 24.4 Å². The van der Waals surface area contributed by atoms with Crippen molar-refractivity contribution in [2.45, 2.75) is 88.4 Å². The number of hydrogen-bond acceptors (Lipinski definition) is 6. The van der Waals surface area contributed by atoms with Crippen LogP contribution in [0.15, 0.2) is 11.6 Å². The minimum absolute atomic E-state index is 0.0243. The summed E-state index contributed by atoms with van der Waals surface area (Å²) in [5.41, 5.74) is 0.0684. The molecule has 2 saturated carbocycles. The number of halogens is 1. The Balaban J connectivity index is 1.71. The number of nitrogens with one attached hydrogen (secondary N) is 1. The molecule has 6 nitrogen and oxygen atoms in total. The summed E-state index contributed by atoms with van der Waals surface area (Å²) in [6.07, 6.45) is 5.36. The Morgan fingerprint density at radius 2 is 2.07 bits per heavy atom. The van der Waals surface area contributed by atoms with E-state index in [2.05, 4.69) is 25.2 Å². The molecule has 0 aromatic rings. The monoisotopic (exact) mass is 415 g/mol. The van der Waals surface area contributed by atoms with Crippen molar-refractivity contribution >= 4 is 17.6 Å². The molecular weight excluding hydrogens is 382 g/mol. The predicted octanol–water partition coefficient (Wildman–Crippen LogP) is 2.76. The fourth-order valence-corrected chi connectivity index (χ4v) is 4.82. The lowest BCUT2D eigenvalue weighted by Gasteiger charge is -2.44. The van der Waals surface area contributed by atoms with Gasteiger partial charge in [0.2, 0.25) is 0 Å². The van der Waals surface area contributed by atoms with Crippen molar-refractivity contribution in [1.29, 1.82) is 0 Å². The summed E-state index contributed by atoms with van der Waals surface area (Å²) in [6.45, 7) is 6.35. The maximum atomic E-state index is 12.3. The van der Waals surface area contributed by atoms with Gasteiger partial charge in [-0.25, -0.2) is 0 Å². The number of methoxy groups -OCH3 is 1. The van der Waals surface area contributed by atoms with Crippen LogP contribution in [0.1, 0.15) is 52.9 Å². The summed E-state index contributed by atoms with van der Waals surface area (Å²) in [4.78, 5) is 12.3. The van der Waals surface area contributed by atoms with E-state index in [1.165, 1.54) is 5.57 Å². The highest BCUT2D eigenvalue weighted by Gasteiger charge is 2.64. The average Bonchev–Trinajstić information content (AvgIpc) is 3.56. The number of carbonyl (C=O) groups is 1. The van der Waals surface area contributed by atoms with Gasteiger partial charge in [-0.15, -0.1) is 0 Å². The lowest BCUT2D eigenvalue weighted by Crippen LogP contribution is -2.53. The molecule has 0 aromatic carbocycles. The summed E-state index contributed by atoms with van der Waals surface area (Å²) in [5.74, 6) is -0.865. The van der Waals surface area contributed by atoms with Crippen LogP contribution in [0.3, 0.4) is 0 Å². The number of esters is 1. The molecule has 2 aliphatic carbocycles. The molecule has 0 spiro atoms. The number of rotatable bonds is 9. The van der Waals surface area contributed by atoms with E-state index in [-0.39, 0.29) is 30.5 Å². The fraction of sp³-hybridized carbons (Fsp3) is 0.857. The number of carbonyl (C=O) groups excluding carboxylic acids is 1. The van der Waals surface area contributed by atoms with E-state index in [0.29, 0.717) is 18.9 Å². The van der Waals surface area contributed by atoms with E-state index < -0.39 is 23.4 Å². The van der Waals surface area contributed by atoms with E-state index in [9.17, 15) is 9.90 Å². The Morgan fingerprint density at radius 3 is 2.68 bits per heavy atom. The number of alkyl halides is 1. The van der Waals surface area contributed by atoms with E-state index in [1.807, 2.05) is 6.92 Å². The molecule has 7 atom stereocenters. The van der Waals surface area contributed by atoms with E-state index in [0.717, 1.165) is 19.3 Å². The van der Waals surface area contributed by atoms with Crippen LogP contribution in [0.5, 0.6) is 0 Å². The van der Waals surface area contributed by atoms with Crippen molar-refractivity contribution in [3.63, 3.8) is 0 Å². The number of allylic oxidation sites excluding steroid dienone is 1. The largest absolute Gasteiger partial charge is 0.461 e. The zero-order valence-corrected chi connectivity index (χ0v) is 18.1. The lowest BCUT2D eigenvalue weighted by molar-refractivity contribution is -0.165. The van der Waals surface area contributed by atoms with Crippen LogP contribution in [0.25, 0.3) is 0 Å². The first-order valence-corrected chi connectivity index (χ1v) is 10.8. The normalized spacial score (nSPS) is 38.6. The summed E-state index contributed by atoms with van der Waals surface area (Å²) < 4.78 is 17.3. The number of ether oxygens (including phenoxy) is 3. The minimum Gasteiger partial charge on any atom is -0.461 e. The lowest BCUT2D eigenvalue weighted by atomic mass is 9.68. The summed E-state index contributed by atoms with van der Waals surface area (Å²) in [5, 5.41) is 14.0. The molecule has 3 fully saturated rings. The highest BCUT2D eigenvalue weighted by atomic mass is 35.5. The fourth-order valence-electron chi connectivity index (χ4n) is 4.50. The Hall–Kier alpha value is -0.660. The van der Waals surface area contributed by atoms with Gasteiger partial charge < -0.3 is 24.6 Å². The van der Waals surface area contributed by atoms with Gasteiger partial charge in [-0.3, -0.25) is 4.79 Å². The van der Waals surface area contributed by atoms with Gasteiger partial charge >= 0.3 is 5.97 Å². The van der Waals surface area contributed by atoms with Crippen molar-refractivity contribution in [2.24, 2.45) is 11.8 Å². The second kappa shape index (κ2) is 9.00. The van der Waals surface area contributed by atoms with Crippen molar-refractivity contribution in [3.05, 3.63) is 11.6 Å². The summed E-state index contributed by atoms with van der Waals surface area (Å²) in [7, 11) is 1.54. The van der Waals surface area contributed by atoms with E-state index in [1.54, 1.807) is 7.11 Å². The number of aliphatic hydroxyl groups excluding tert-OH is 1. The van der Waals surface area contributed by atoms with Crippen molar-refractivity contribution in [1.82, 2.24) is 5.32 Å². The van der Waals surface area contributed by atoms with Crippen molar-refractivity contribution in [2.75, 3.05) is 13.7 Å². The van der Waals surface area contributed by atoms with Crippen molar-refractivity contribution < 1.29 is 24.1 Å². The Kier molecular flexibility index (Phi) is 7.09. The Bertz CT molecular complexity index is 591. The average molecular weight is 416 g/mol. The first-order chi connectivity index (χ1) is 13.3. The first-order valence-electron chi connectivity index (χ1n) is 10.3. The highest BCUT2D eigenvalue weighted by molar-refractivity contribution is 6.20. The zero-order chi connectivity index (χ0) is 20.5. The molecule has 0 radical (unpaired) electrons. The third-order valence-electron chi connectivity index (χ3n) is 6.31. The van der Waals surface area contributed by atoms with Gasteiger partial charge in [-0.1, -0.05) is 23.3 Å². The second-order valence-corrected chi connectivity index (χ2v) is 9.26. The molecule has 0 bridgehead atoms. The number of epoxide rings is 1. The maximum absolute atomic E-state index is 12.3. The molecule has 28 heavy (non-hydrogen) atoms. The quantitative estimate of drug-likeness (QED) is 0.261. The third-order valence-corrected chi connectivity index (χ3v) is 6.78. The molecule has 7 heteroatoms. The van der Waals surface area contributed by atoms with Crippen molar-refractivity contribution in [3.8, 4) is 0 Å². The molecule has 1 heterocycles. The smallest absolute Gasteiger partial charge is 0.320 e. The Labute approximate surface area is 172 Å². The molecule has 1 aliphatic heterocycles. The first kappa shape index (κ1) is 22.0. The van der Waals surface area contributed by atoms with E-state index >= 15 is 0 Å². The summed E-state index contributed by atoms with van der Waals surface area (Å²) in [6, 6.07) is 0.443.